The molecule has 92 valence electrons. The molecule has 16 heavy (non-hydrogen) atoms. The summed E-state index contributed by atoms with van der Waals surface area (Å²) < 4.78 is 4.89. The van der Waals surface area contributed by atoms with Gasteiger partial charge in [0.25, 0.3) is 0 Å². The van der Waals surface area contributed by atoms with Gasteiger partial charge in [0.1, 0.15) is 6.54 Å². The summed E-state index contributed by atoms with van der Waals surface area (Å²) in [5, 5.41) is 12.0. The van der Waals surface area contributed by atoms with Gasteiger partial charge in [0, 0.05) is 25.9 Å². The van der Waals surface area contributed by atoms with Crippen LogP contribution in [0.2, 0.25) is 0 Å². The van der Waals surface area contributed by atoms with Crippen molar-refractivity contribution in [2.45, 2.75) is 25.8 Å². The number of carbonyl (C=O) groups is 2. The van der Waals surface area contributed by atoms with E-state index in [2.05, 4.69) is 0 Å². The Labute approximate surface area is 94.6 Å². The monoisotopic (exact) mass is 230 g/mol. The normalized spacial score (nSPS) is 17.2. The summed E-state index contributed by atoms with van der Waals surface area (Å²) >= 11 is 0. The molecule has 2 N–H and O–H groups in total. The van der Waals surface area contributed by atoms with Gasteiger partial charge in [0.05, 0.1) is 18.6 Å². The minimum atomic E-state index is -1.05. The Balaban J connectivity index is 2.23. The quantitative estimate of drug-likeness (QED) is 0.600. The maximum atomic E-state index is 11.4. The number of ether oxygens (including phenoxy) is 1. The smallest absolute Gasteiger partial charge is 0.409 e. The fourth-order valence-electron chi connectivity index (χ4n) is 1.80. The molecule has 0 bridgehead atoms. The molecule has 1 heterocycles. The SMILES string of the molecule is CCOC(=O)N1CCC([NH2+]CC(=O)[O-])CC1. The Morgan fingerprint density at radius 2 is 2.06 bits per heavy atom. The number of nitrogens with two attached hydrogens (primary N) is 1. The highest BCUT2D eigenvalue weighted by molar-refractivity contribution is 5.67. The van der Waals surface area contributed by atoms with Crippen LogP contribution in [0.3, 0.4) is 0 Å². The van der Waals surface area contributed by atoms with Crippen molar-refractivity contribution in [3.8, 4) is 0 Å². The molecule has 1 saturated heterocycles. The van der Waals surface area contributed by atoms with Crippen LogP contribution < -0.4 is 10.4 Å². The third-order valence-electron chi connectivity index (χ3n) is 2.68. The second-order valence-corrected chi connectivity index (χ2v) is 3.84. The lowest BCUT2D eigenvalue weighted by Gasteiger charge is -2.29. The van der Waals surface area contributed by atoms with E-state index < -0.39 is 5.97 Å². The second kappa shape index (κ2) is 6.32. The number of carbonyl (C=O) groups excluding carboxylic acids is 2. The molecule has 1 aliphatic rings. The lowest BCUT2D eigenvalue weighted by Crippen LogP contribution is -2.93. The number of aliphatic carboxylic acids is 1. The molecular weight excluding hydrogens is 212 g/mol. The van der Waals surface area contributed by atoms with Crippen molar-refractivity contribution < 1.29 is 24.7 Å². The number of nitrogens with zero attached hydrogens (tertiary/aromatic N) is 1. The predicted molar refractivity (Wildman–Crippen MR) is 53.4 cm³/mol. The number of carboxylic acid groups (broad SMARTS) is 1. The van der Waals surface area contributed by atoms with E-state index in [0.29, 0.717) is 19.7 Å². The number of likely N-dealkylation sites (tertiary alicyclic amines) is 1. The number of hydrogen-bond acceptors (Lipinski definition) is 4. The van der Waals surface area contributed by atoms with Crippen LogP contribution in [0.4, 0.5) is 4.79 Å². The van der Waals surface area contributed by atoms with Crippen LogP contribution in [0.15, 0.2) is 0 Å². The molecule has 0 radical (unpaired) electrons. The zero-order valence-corrected chi connectivity index (χ0v) is 9.48. The molecule has 0 aromatic heterocycles. The number of rotatable bonds is 4. The van der Waals surface area contributed by atoms with Crippen molar-refractivity contribution in [2.24, 2.45) is 0 Å². The Hall–Kier alpha value is -1.30. The van der Waals surface area contributed by atoms with Gasteiger partial charge in [0.2, 0.25) is 0 Å². The van der Waals surface area contributed by atoms with E-state index in [-0.39, 0.29) is 18.7 Å². The average molecular weight is 230 g/mol. The summed E-state index contributed by atoms with van der Waals surface area (Å²) in [6.07, 6.45) is 1.32. The molecule has 0 saturated carbocycles. The number of piperidine rings is 1. The van der Waals surface area contributed by atoms with E-state index in [4.69, 9.17) is 4.74 Å². The van der Waals surface area contributed by atoms with Gasteiger partial charge in [0.15, 0.2) is 0 Å². The van der Waals surface area contributed by atoms with Crippen LogP contribution in [0.1, 0.15) is 19.8 Å². The molecule has 0 aliphatic carbocycles. The lowest BCUT2D eigenvalue weighted by atomic mass is 10.1. The fraction of sp³-hybridized carbons (Fsp3) is 0.800. The van der Waals surface area contributed by atoms with Gasteiger partial charge < -0.3 is 24.9 Å². The van der Waals surface area contributed by atoms with Crippen LogP contribution in [-0.4, -0.2) is 49.2 Å². The first-order valence-electron chi connectivity index (χ1n) is 5.58. The third-order valence-corrected chi connectivity index (χ3v) is 2.68. The largest absolute Gasteiger partial charge is 0.544 e. The highest BCUT2D eigenvalue weighted by Crippen LogP contribution is 2.08. The number of carboxylic acids is 1. The molecule has 1 fully saturated rings. The molecule has 0 aromatic rings. The standard InChI is InChI=1S/C10H18N2O4/c1-2-16-10(15)12-5-3-8(4-6-12)11-7-9(13)14/h8,11H,2-7H2,1H3,(H,13,14). The van der Waals surface area contributed by atoms with Gasteiger partial charge in [-0.1, -0.05) is 0 Å². The van der Waals surface area contributed by atoms with Crippen LogP contribution in [0.5, 0.6) is 0 Å². The minimum Gasteiger partial charge on any atom is -0.544 e. The molecule has 0 aromatic carbocycles. The Kier molecular flexibility index (Phi) is 5.04. The summed E-state index contributed by atoms with van der Waals surface area (Å²) in [5.41, 5.74) is 0. The minimum absolute atomic E-state index is 0.00985. The lowest BCUT2D eigenvalue weighted by molar-refractivity contribution is -0.686. The maximum absolute atomic E-state index is 11.4. The molecule has 1 amide bonds. The first-order valence-corrected chi connectivity index (χ1v) is 5.58. The van der Waals surface area contributed by atoms with E-state index >= 15 is 0 Å². The van der Waals surface area contributed by atoms with Crippen molar-refractivity contribution in [1.29, 1.82) is 0 Å². The molecule has 1 aliphatic heterocycles. The van der Waals surface area contributed by atoms with Crippen LogP contribution >= 0.6 is 0 Å². The number of quaternary nitrogens is 1. The zero-order valence-electron chi connectivity index (χ0n) is 9.48. The van der Waals surface area contributed by atoms with Crippen molar-refractivity contribution >= 4 is 12.1 Å². The summed E-state index contributed by atoms with van der Waals surface area (Å²) in [4.78, 5) is 23.3. The van der Waals surface area contributed by atoms with E-state index in [9.17, 15) is 14.7 Å². The highest BCUT2D eigenvalue weighted by Gasteiger charge is 2.25. The number of hydrogen-bond donors (Lipinski definition) is 1. The molecule has 1 rings (SSSR count). The zero-order chi connectivity index (χ0) is 12.0. The molecule has 6 heteroatoms. The van der Waals surface area contributed by atoms with Gasteiger partial charge in [-0.15, -0.1) is 0 Å². The molecule has 0 atom stereocenters. The summed E-state index contributed by atoms with van der Waals surface area (Å²) in [5.74, 6) is -1.05. The second-order valence-electron chi connectivity index (χ2n) is 3.84. The topological polar surface area (TPSA) is 86.3 Å². The van der Waals surface area contributed by atoms with Crippen molar-refractivity contribution in [3.05, 3.63) is 0 Å². The first-order chi connectivity index (χ1) is 7.63. The summed E-state index contributed by atoms with van der Waals surface area (Å²) in [6, 6.07) is 0.267. The maximum Gasteiger partial charge on any atom is 0.409 e. The Morgan fingerprint density at radius 3 is 2.56 bits per heavy atom. The van der Waals surface area contributed by atoms with Gasteiger partial charge in [-0.25, -0.2) is 4.79 Å². The predicted octanol–water partition coefficient (Wildman–Crippen LogP) is -2.08. The van der Waals surface area contributed by atoms with Crippen LogP contribution in [-0.2, 0) is 9.53 Å². The Bertz CT molecular complexity index is 249. The number of amides is 1. The van der Waals surface area contributed by atoms with Crippen molar-refractivity contribution in [3.63, 3.8) is 0 Å². The molecule has 0 unspecified atom stereocenters. The summed E-state index contributed by atoms with van der Waals surface area (Å²) in [7, 11) is 0. The fourth-order valence-corrected chi connectivity index (χ4v) is 1.80. The van der Waals surface area contributed by atoms with Gasteiger partial charge >= 0.3 is 6.09 Å². The molecular formula is C10H18N2O4. The Morgan fingerprint density at radius 1 is 1.44 bits per heavy atom. The van der Waals surface area contributed by atoms with Crippen LogP contribution in [0, 0.1) is 0 Å². The first kappa shape index (κ1) is 12.8. The summed E-state index contributed by atoms with van der Waals surface area (Å²) in [6.45, 7) is 3.41. The van der Waals surface area contributed by atoms with Gasteiger partial charge in [-0.05, 0) is 6.92 Å². The van der Waals surface area contributed by atoms with E-state index in [1.807, 2.05) is 0 Å². The molecule has 6 nitrogen and oxygen atoms in total. The van der Waals surface area contributed by atoms with E-state index in [1.165, 1.54) is 0 Å². The van der Waals surface area contributed by atoms with Gasteiger partial charge in [-0.3, -0.25) is 0 Å². The third kappa shape index (κ3) is 4.06. The van der Waals surface area contributed by atoms with E-state index in [1.54, 1.807) is 17.1 Å². The van der Waals surface area contributed by atoms with Gasteiger partial charge in [-0.2, -0.15) is 0 Å². The molecule has 0 spiro atoms. The van der Waals surface area contributed by atoms with E-state index in [0.717, 1.165) is 12.8 Å². The van der Waals surface area contributed by atoms with Crippen molar-refractivity contribution in [2.75, 3.05) is 26.2 Å². The van der Waals surface area contributed by atoms with Crippen LogP contribution in [0.25, 0.3) is 0 Å². The average Bonchev–Trinajstić information content (AvgIpc) is 2.27. The highest BCUT2D eigenvalue weighted by atomic mass is 16.6. The van der Waals surface area contributed by atoms with Crippen molar-refractivity contribution in [1.82, 2.24) is 4.90 Å².